The number of carbonyl (C=O) groups is 1. The molecule has 0 saturated carbocycles. The van der Waals surface area contributed by atoms with E-state index in [-0.39, 0.29) is 44.9 Å². The summed E-state index contributed by atoms with van der Waals surface area (Å²) in [6.07, 6.45) is 1.59. The maximum absolute atomic E-state index is 12.6. The molecule has 1 unspecified atom stereocenters. The van der Waals surface area contributed by atoms with Crippen LogP contribution in [0.15, 0.2) is 17.0 Å². The van der Waals surface area contributed by atoms with Gasteiger partial charge in [0.15, 0.2) is 9.84 Å². The van der Waals surface area contributed by atoms with Crippen LogP contribution >= 0.6 is 0 Å². The molecule has 0 aromatic heterocycles. The number of hydrogen-bond donors (Lipinski definition) is 2. The number of nitrogen functional groups attached to an aromatic ring is 1. The first-order valence-electron chi connectivity index (χ1n) is 8.74. The van der Waals surface area contributed by atoms with Gasteiger partial charge in [-0.25, -0.2) is 8.42 Å². The maximum Gasteiger partial charge on any atom is 0.255 e. The molecule has 0 spiro atoms. The van der Waals surface area contributed by atoms with E-state index < -0.39 is 15.7 Å². The normalized spacial score (nSPS) is 23.0. The monoisotopic (exact) mass is 385 g/mol. The van der Waals surface area contributed by atoms with Crippen molar-refractivity contribution in [3.63, 3.8) is 0 Å². The van der Waals surface area contributed by atoms with E-state index >= 15 is 0 Å². The fraction of sp³-hybridized carbons (Fsp3) is 0.588. The van der Waals surface area contributed by atoms with Gasteiger partial charge in [0.1, 0.15) is 11.8 Å². The molecule has 0 radical (unpaired) electrons. The first-order chi connectivity index (χ1) is 12.2. The van der Waals surface area contributed by atoms with Crippen molar-refractivity contribution in [1.29, 1.82) is 0 Å². The van der Waals surface area contributed by atoms with Crippen molar-refractivity contribution in [2.24, 2.45) is 0 Å². The standard InChI is InChI=1S/C17H27N3O5S/c1-4-20(22)8-6-7-12(20)11-19-17(21)13-9-16(26(23,24)5-2)14(18)10-15(13)25-3/h9-10,12H,4-8,11,18H2,1-3H3,(H,19,21)/t12-,20?/m1/s1. The summed E-state index contributed by atoms with van der Waals surface area (Å²) in [5, 5.41) is 15.4. The number of quaternary nitrogens is 1. The second-order valence-electron chi connectivity index (χ2n) is 6.49. The van der Waals surface area contributed by atoms with E-state index in [1.54, 1.807) is 0 Å². The summed E-state index contributed by atoms with van der Waals surface area (Å²) in [7, 11) is -2.19. The summed E-state index contributed by atoms with van der Waals surface area (Å²) in [6, 6.07) is 2.39. The predicted octanol–water partition coefficient (Wildman–Crippen LogP) is 1.30. The molecule has 3 N–H and O–H groups in total. The van der Waals surface area contributed by atoms with Crippen LogP contribution in [0.2, 0.25) is 0 Å². The highest BCUT2D eigenvalue weighted by atomic mass is 32.2. The van der Waals surface area contributed by atoms with E-state index in [2.05, 4.69) is 5.32 Å². The van der Waals surface area contributed by atoms with Gasteiger partial charge >= 0.3 is 0 Å². The molecule has 26 heavy (non-hydrogen) atoms. The highest BCUT2D eigenvalue weighted by Crippen LogP contribution is 2.30. The number of nitrogens with two attached hydrogens (primary N) is 1. The highest BCUT2D eigenvalue weighted by molar-refractivity contribution is 7.91. The molecule has 0 bridgehead atoms. The number of methoxy groups -OCH3 is 1. The Hall–Kier alpha value is -1.84. The smallest absolute Gasteiger partial charge is 0.255 e. The molecule has 1 aromatic rings. The first kappa shape index (κ1) is 20.5. The minimum absolute atomic E-state index is 0.0391. The Kier molecular flexibility index (Phi) is 6.15. The summed E-state index contributed by atoms with van der Waals surface area (Å²) >= 11 is 0. The zero-order valence-corrected chi connectivity index (χ0v) is 16.3. The van der Waals surface area contributed by atoms with Crippen molar-refractivity contribution in [2.45, 2.75) is 37.6 Å². The van der Waals surface area contributed by atoms with E-state index in [1.165, 1.54) is 26.2 Å². The van der Waals surface area contributed by atoms with E-state index in [4.69, 9.17) is 10.5 Å². The largest absolute Gasteiger partial charge is 0.633 e. The molecule has 9 heteroatoms. The number of ether oxygens (including phenoxy) is 1. The van der Waals surface area contributed by atoms with Crippen LogP contribution in [-0.2, 0) is 9.84 Å². The minimum atomic E-state index is -3.58. The second-order valence-corrected chi connectivity index (χ2v) is 8.74. The average molecular weight is 385 g/mol. The number of benzene rings is 1. The summed E-state index contributed by atoms with van der Waals surface area (Å²) < 4.78 is 29.3. The van der Waals surface area contributed by atoms with Crippen LogP contribution in [-0.4, -0.2) is 57.5 Å². The Bertz CT molecular complexity index is 781. The van der Waals surface area contributed by atoms with E-state index in [0.29, 0.717) is 13.1 Å². The van der Waals surface area contributed by atoms with E-state index in [0.717, 1.165) is 12.8 Å². The molecule has 2 rings (SSSR count). The van der Waals surface area contributed by atoms with Crippen LogP contribution in [0.25, 0.3) is 0 Å². The maximum atomic E-state index is 12.6. The number of hydrogen-bond acceptors (Lipinski definition) is 6. The molecule has 0 aliphatic carbocycles. The quantitative estimate of drug-likeness (QED) is 0.414. The summed E-state index contributed by atoms with van der Waals surface area (Å²) in [5.41, 5.74) is 5.95. The van der Waals surface area contributed by atoms with E-state index in [9.17, 15) is 18.4 Å². The second kappa shape index (κ2) is 7.81. The number of hydroxylamine groups is 3. The lowest BCUT2D eigenvalue weighted by Crippen LogP contribution is -2.51. The zero-order chi connectivity index (χ0) is 19.5. The molecule has 2 atom stereocenters. The number of carbonyl (C=O) groups excluding carboxylic acids is 1. The molecule has 8 nitrogen and oxygen atoms in total. The molecule has 1 amide bonds. The van der Waals surface area contributed by atoms with Gasteiger partial charge in [0, 0.05) is 18.9 Å². The Morgan fingerprint density at radius 1 is 1.42 bits per heavy atom. The Morgan fingerprint density at radius 3 is 2.69 bits per heavy atom. The number of likely N-dealkylation sites (tertiary alicyclic amines) is 1. The van der Waals surface area contributed by atoms with Gasteiger partial charge in [-0.1, -0.05) is 6.92 Å². The van der Waals surface area contributed by atoms with Crippen LogP contribution in [0.5, 0.6) is 5.75 Å². The third-order valence-corrected chi connectivity index (χ3v) is 6.85. The number of nitrogens with one attached hydrogen (secondary N) is 1. The molecule has 1 saturated heterocycles. The van der Waals surface area contributed by atoms with Gasteiger partial charge in [0.05, 0.1) is 48.6 Å². The minimum Gasteiger partial charge on any atom is -0.633 e. The van der Waals surface area contributed by atoms with Crippen molar-refractivity contribution >= 4 is 21.4 Å². The third-order valence-electron chi connectivity index (χ3n) is 5.06. The number of likely N-dealkylation sites (N-methyl/N-ethyl adjacent to an activating group) is 1. The average Bonchev–Trinajstić information content (AvgIpc) is 3.00. The van der Waals surface area contributed by atoms with Gasteiger partial charge in [0.25, 0.3) is 5.91 Å². The van der Waals surface area contributed by atoms with Crippen molar-refractivity contribution in [1.82, 2.24) is 5.32 Å². The van der Waals surface area contributed by atoms with Crippen LogP contribution in [0.1, 0.15) is 37.0 Å². The van der Waals surface area contributed by atoms with Crippen molar-refractivity contribution in [3.8, 4) is 5.75 Å². The molecule has 1 aromatic carbocycles. The first-order valence-corrected chi connectivity index (χ1v) is 10.4. The fourth-order valence-corrected chi connectivity index (χ4v) is 4.38. The number of amides is 1. The van der Waals surface area contributed by atoms with Crippen molar-refractivity contribution < 1.29 is 22.6 Å². The number of sulfone groups is 1. The fourth-order valence-electron chi connectivity index (χ4n) is 3.35. The van der Waals surface area contributed by atoms with Crippen LogP contribution < -0.4 is 15.8 Å². The van der Waals surface area contributed by atoms with Gasteiger partial charge in [-0.3, -0.25) is 4.79 Å². The Morgan fingerprint density at radius 2 is 2.12 bits per heavy atom. The van der Waals surface area contributed by atoms with Gasteiger partial charge in [-0.2, -0.15) is 0 Å². The lowest BCUT2D eigenvalue weighted by atomic mass is 10.1. The summed E-state index contributed by atoms with van der Waals surface area (Å²) in [5.74, 6) is -0.414. The molecule has 1 aliphatic heterocycles. The predicted molar refractivity (Wildman–Crippen MR) is 99.5 cm³/mol. The summed E-state index contributed by atoms with van der Waals surface area (Å²) in [6.45, 7) is 4.61. The number of anilines is 1. The van der Waals surface area contributed by atoms with Gasteiger partial charge < -0.3 is 25.6 Å². The van der Waals surface area contributed by atoms with Crippen molar-refractivity contribution in [2.75, 3.05) is 38.2 Å². The Labute approximate surface area is 154 Å². The van der Waals surface area contributed by atoms with Crippen LogP contribution in [0.3, 0.4) is 0 Å². The van der Waals surface area contributed by atoms with Gasteiger partial charge in [0.2, 0.25) is 0 Å². The highest BCUT2D eigenvalue weighted by Gasteiger charge is 2.33. The molecule has 1 aliphatic rings. The Balaban J connectivity index is 2.26. The molecular formula is C17H27N3O5S. The molecule has 1 heterocycles. The molecule has 1 fully saturated rings. The van der Waals surface area contributed by atoms with Crippen LogP contribution in [0.4, 0.5) is 5.69 Å². The lowest BCUT2D eigenvalue weighted by molar-refractivity contribution is -0.889. The summed E-state index contributed by atoms with van der Waals surface area (Å²) in [4.78, 5) is 12.5. The van der Waals surface area contributed by atoms with Crippen molar-refractivity contribution in [3.05, 3.63) is 22.9 Å². The van der Waals surface area contributed by atoms with Gasteiger partial charge in [-0.15, -0.1) is 0 Å². The number of nitrogens with zero attached hydrogens (tertiary/aromatic N) is 1. The SMILES string of the molecule is CC[N+]1([O-])CCC[C@@H]1CNC(=O)c1cc(S(=O)(=O)CC)c(N)cc1OC. The lowest BCUT2D eigenvalue weighted by Gasteiger charge is -2.43. The third kappa shape index (κ3) is 3.94. The van der Waals surface area contributed by atoms with Gasteiger partial charge in [-0.05, 0) is 13.0 Å². The topological polar surface area (TPSA) is 122 Å². The number of rotatable bonds is 7. The zero-order valence-electron chi connectivity index (χ0n) is 15.4. The molecule has 146 valence electrons. The van der Waals surface area contributed by atoms with Crippen LogP contribution in [0, 0.1) is 5.21 Å². The van der Waals surface area contributed by atoms with E-state index in [1.807, 2.05) is 6.92 Å². The molecular weight excluding hydrogens is 358 g/mol.